The van der Waals surface area contributed by atoms with E-state index in [0.717, 1.165) is 28.4 Å². The maximum Gasteiger partial charge on any atom is 0.206 e. The lowest BCUT2D eigenvalue weighted by atomic mass is 10.3. The van der Waals surface area contributed by atoms with Crippen LogP contribution < -0.4 is 5.32 Å². The van der Waals surface area contributed by atoms with E-state index in [4.69, 9.17) is 6.42 Å². The number of anilines is 1. The SMILES string of the molecule is C#CCCCNc1nnc(Br)s1. The van der Waals surface area contributed by atoms with E-state index in [-0.39, 0.29) is 0 Å². The number of halogens is 1. The maximum atomic E-state index is 5.10. The molecule has 0 radical (unpaired) electrons. The smallest absolute Gasteiger partial charge is 0.206 e. The first-order valence-corrected chi connectivity index (χ1v) is 5.10. The van der Waals surface area contributed by atoms with Crippen LogP contribution in [0.4, 0.5) is 5.13 Å². The van der Waals surface area contributed by atoms with Gasteiger partial charge in [0.2, 0.25) is 5.13 Å². The van der Waals surface area contributed by atoms with Crippen LogP contribution in [0.15, 0.2) is 3.92 Å². The second-order valence-electron chi connectivity index (χ2n) is 2.09. The van der Waals surface area contributed by atoms with Gasteiger partial charge in [-0.15, -0.1) is 22.5 Å². The van der Waals surface area contributed by atoms with Gasteiger partial charge in [0.15, 0.2) is 3.92 Å². The summed E-state index contributed by atoms with van der Waals surface area (Å²) in [4.78, 5) is 0. The van der Waals surface area contributed by atoms with Crippen molar-refractivity contribution in [2.45, 2.75) is 12.8 Å². The summed E-state index contributed by atoms with van der Waals surface area (Å²) in [6.07, 6.45) is 6.87. The van der Waals surface area contributed by atoms with Gasteiger partial charge in [0.05, 0.1) is 0 Å². The Morgan fingerprint density at radius 1 is 1.58 bits per heavy atom. The molecular weight excluding hydrogens is 238 g/mol. The second kappa shape index (κ2) is 5.12. The third-order valence-corrected chi connectivity index (χ3v) is 2.49. The van der Waals surface area contributed by atoms with Crippen LogP contribution in [0.5, 0.6) is 0 Å². The number of hydrogen-bond acceptors (Lipinski definition) is 4. The molecule has 0 saturated carbocycles. The predicted molar refractivity (Wildman–Crippen MR) is 54.2 cm³/mol. The normalized spacial score (nSPS) is 9.33. The summed E-state index contributed by atoms with van der Waals surface area (Å²) >= 11 is 4.70. The first kappa shape index (κ1) is 9.49. The molecule has 0 aromatic carbocycles. The number of terminal acetylenes is 1. The molecule has 1 rings (SSSR count). The molecule has 3 nitrogen and oxygen atoms in total. The molecule has 1 aromatic heterocycles. The molecule has 1 aromatic rings. The molecule has 12 heavy (non-hydrogen) atoms. The monoisotopic (exact) mass is 245 g/mol. The van der Waals surface area contributed by atoms with E-state index in [0.29, 0.717) is 0 Å². The minimum Gasteiger partial charge on any atom is -0.360 e. The second-order valence-corrected chi connectivity index (χ2v) is 4.35. The summed E-state index contributed by atoms with van der Waals surface area (Å²) in [5, 5.41) is 11.6. The average molecular weight is 246 g/mol. The lowest BCUT2D eigenvalue weighted by molar-refractivity contribution is 0.899. The predicted octanol–water partition coefficient (Wildman–Crippen LogP) is 2.13. The van der Waals surface area contributed by atoms with Gasteiger partial charge < -0.3 is 5.32 Å². The van der Waals surface area contributed by atoms with Gasteiger partial charge in [-0.1, -0.05) is 11.3 Å². The van der Waals surface area contributed by atoms with E-state index in [1.54, 1.807) is 0 Å². The highest BCUT2D eigenvalue weighted by molar-refractivity contribution is 9.11. The molecule has 5 heteroatoms. The van der Waals surface area contributed by atoms with Gasteiger partial charge in [0.1, 0.15) is 0 Å². The number of aromatic nitrogens is 2. The van der Waals surface area contributed by atoms with Crippen molar-refractivity contribution >= 4 is 32.4 Å². The van der Waals surface area contributed by atoms with Gasteiger partial charge in [-0.25, -0.2) is 0 Å². The Labute approximate surface area is 83.7 Å². The zero-order valence-electron chi connectivity index (χ0n) is 6.38. The van der Waals surface area contributed by atoms with Crippen molar-refractivity contribution in [1.29, 1.82) is 0 Å². The van der Waals surface area contributed by atoms with Crippen molar-refractivity contribution in [2.24, 2.45) is 0 Å². The topological polar surface area (TPSA) is 37.8 Å². The Kier molecular flexibility index (Phi) is 4.05. The highest BCUT2D eigenvalue weighted by Crippen LogP contribution is 2.19. The zero-order chi connectivity index (χ0) is 8.81. The highest BCUT2D eigenvalue weighted by Gasteiger charge is 1.98. The van der Waals surface area contributed by atoms with Crippen LogP contribution in [-0.2, 0) is 0 Å². The molecule has 64 valence electrons. The van der Waals surface area contributed by atoms with Crippen LogP contribution in [0.25, 0.3) is 0 Å². The highest BCUT2D eigenvalue weighted by atomic mass is 79.9. The molecule has 0 saturated heterocycles. The van der Waals surface area contributed by atoms with Crippen molar-refractivity contribution in [3.05, 3.63) is 3.92 Å². The van der Waals surface area contributed by atoms with Crippen molar-refractivity contribution in [3.8, 4) is 12.3 Å². The number of hydrogen-bond donors (Lipinski definition) is 1. The van der Waals surface area contributed by atoms with Gasteiger partial charge >= 0.3 is 0 Å². The van der Waals surface area contributed by atoms with Crippen LogP contribution in [-0.4, -0.2) is 16.7 Å². The number of nitrogens with one attached hydrogen (secondary N) is 1. The molecule has 0 amide bonds. The minimum absolute atomic E-state index is 0.793. The fourth-order valence-corrected chi connectivity index (χ4v) is 1.70. The molecule has 0 aliphatic rings. The zero-order valence-corrected chi connectivity index (χ0v) is 8.78. The maximum absolute atomic E-state index is 5.10. The fourth-order valence-electron chi connectivity index (χ4n) is 0.663. The van der Waals surface area contributed by atoms with E-state index >= 15 is 0 Å². The van der Waals surface area contributed by atoms with Crippen LogP contribution in [0.2, 0.25) is 0 Å². The molecule has 0 unspecified atom stereocenters. The molecule has 0 atom stereocenters. The van der Waals surface area contributed by atoms with Gasteiger partial charge in [0.25, 0.3) is 0 Å². The molecule has 0 aliphatic carbocycles. The quantitative estimate of drug-likeness (QED) is 0.653. The largest absolute Gasteiger partial charge is 0.360 e. The van der Waals surface area contributed by atoms with Crippen molar-refractivity contribution in [1.82, 2.24) is 10.2 Å². The standard InChI is InChI=1S/C7H8BrN3S/c1-2-3-4-5-9-7-11-10-6(8)12-7/h1H,3-5H2,(H,9,11). The van der Waals surface area contributed by atoms with Gasteiger partial charge in [-0.3, -0.25) is 0 Å². The average Bonchev–Trinajstić information content (AvgIpc) is 2.45. The van der Waals surface area contributed by atoms with E-state index < -0.39 is 0 Å². The van der Waals surface area contributed by atoms with Crippen molar-refractivity contribution < 1.29 is 0 Å². The summed E-state index contributed by atoms with van der Waals surface area (Å²) in [7, 11) is 0. The number of nitrogens with zero attached hydrogens (tertiary/aromatic N) is 2. The van der Waals surface area contributed by atoms with Crippen LogP contribution in [0, 0.1) is 12.3 Å². The summed E-state index contributed by atoms with van der Waals surface area (Å²) in [6, 6.07) is 0. The van der Waals surface area contributed by atoms with E-state index in [9.17, 15) is 0 Å². The third-order valence-electron chi connectivity index (χ3n) is 1.17. The first-order valence-electron chi connectivity index (χ1n) is 3.49. The molecule has 0 aliphatic heterocycles. The van der Waals surface area contributed by atoms with Crippen LogP contribution >= 0.6 is 27.3 Å². The summed E-state index contributed by atoms with van der Waals surface area (Å²) in [5.41, 5.74) is 0. The van der Waals surface area contributed by atoms with Gasteiger partial charge in [-0.2, -0.15) is 0 Å². The molecule has 0 spiro atoms. The molecule has 0 fully saturated rings. The van der Waals surface area contributed by atoms with Gasteiger partial charge in [-0.05, 0) is 22.4 Å². The van der Waals surface area contributed by atoms with E-state index in [1.807, 2.05) is 0 Å². The Morgan fingerprint density at radius 2 is 2.42 bits per heavy atom. The molecule has 1 N–H and O–H groups in total. The summed E-state index contributed by atoms with van der Waals surface area (Å²) in [6.45, 7) is 0.853. The Morgan fingerprint density at radius 3 is 3.00 bits per heavy atom. The molecule has 0 bridgehead atoms. The van der Waals surface area contributed by atoms with Crippen molar-refractivity contribution in [2.75, 3.05) is 11.9 Å². The summed E-state index contributed by atoms with van der Waals surface area (Å²) in [5.74, 6) is 2.58. The first-order chi connectivity index (χ1) is 5.83. The minimum atomic E-state index is 0.793. The molecule has 1 heterocycles. The molecular formula is C7H8BrN3S. The van der Waals surface area contributed by atoms with E-state index in [1.165, 1.54) is 11.3 Å². The Hall–Kier alpha value is -0.600. The number of unbranched alkanes of at least 4 members (excludes halogenated alkanes) is 1. The lowest BCUT2D eigenvalue weighted by Crippen LogP contribution is -2.00. The van der Waals surface area contributed by atoms with Crippen LogP contribution in [0.1, 0.15) is 12.8 Å². The Balaban J connectivity index is 2.21. The Bertz CT molecular complexity index is 278. The third kappa shape index (κ3) is 3.20. The van der Waals surface area contributed by atoms with Crippen molar-refractivity contribution in [3.63, 3.8) is 0 Å². The van der Waals surface area contributed by atoms with Gasteiger partial charge in [0, 0.05) is 13.0 Å². The summed E-state index contributed by atoms with van der Waals surface area (Å²) < 4.78 is 0.793. The fraction of sp³-hybridized carbons (Fsp3) is 0.429. The number of rotatable bonds is 4. The van der Waals surface area contributed by atoms with E-state index in [2.05, 4.69) is 37.4 Å². The lowest BCUT2D eigenvalue weighted by Gasteiger charge is -1.96. The van der Waals surface area contributed by atoms with Crippen LogP contribution in [0.3, 0.4) is 0 Å².